The molecule has 0 aliphatic heterocycles. The standard InChI is InChI=1S/C13H17N3O3S/c1-19-12-5-3-2-4-9(12)8-14-13(20)15-10-6-11(7-10)16(17)18/h2-5,10-11H,6-8H2,1H3,(H2,14,15,20). The Hall–Kier alpha value is -1.89. The fourth-order valence-corrected chi connectivity index (χ4v) is 2.38. The van der Waals surface area contributed by atoms with Crippen molar-refractivity contribution in [1.82, 2.24) is 10.6 Å². The summed E-state index contributed by atoms with van der Waals surface area (Å²) in [5.74, 6) is 0.805. The van der Waals surface area contributed by atoms with Crippen molar-refractivity contribution in [3.63, 3.8) is 0 Å². The Morgan fingerprint density at radius 3 is 2.85 bits per heavy atom. The first kappa shape index (κ1) is 14.5. The topological polar surface area (TPSA) is 76.4 Å². The Bertz CT molecular complexity index is 503. The third-order valence-electron chi connectivity index (χ3n) is 3.38. The molecule has 1 aromatic carbocycles. The number of benzene rings is 1. The Morgan fingerprint density at radius 1 is 1.50 bits per heavy atom. The molecule has 6 nitrogen and oxygen atoms in total. The van der Waals surface area contributed by atoms with E-state index in [1.54, 1.807) is 7.11 Å². The summed E-state index contributed by atoms with van der Waals surface area (Å²) in [6.07, 6.45) is 1.06. The number of thiocarbonyl (C=S) groups is 1. The smallest absolute Gasteiger partial charge is 0.217 e. The molecule has 1 saturated carbocycles. The monoisotopic (exact) mass is 295 g/mol. The van der Waals surface area contributed by atoms with Crippen molar-refractivity contribution in [2.75, 3.05) is 7.11 Å². The molecule has 1 aliphatic carbocycles. The second-order valence-electron chi connectivity index (χ2n) is 4.75. The van der Waals surface area contributed by atoms with Gasteiger partial charge in [-0.25, -0.2) is 0 Å². The van der Waals surface area contributed by atoms with Gasteiger partial charge in [0, 0.05) is 35.9 Å². The summed E-state index contributed by atoms with van der Waals surface area (Å²) >= 11 is 5.18. The Balaban J connectivity index is 1.74. The molecular formula is C13H17N3O3S. The van der Waals surface area contributed by atoms with Crippen LogP contribution in [0.1, 0.15) is 18.4 Å². The highest BCUT2D eigenvalue weighted by atomic mass is 32.1. The first-order chi connectivity index (χ1) is 9.60. The van der Waals surface area contributed by atoms with E-state index in [1.165, 1.54) is 0 Å². The van der Waals surface area contributed by atoms with E-state index in [-0.39, 0.29) is 11.0 Å². The van der Waals surface area contributed by atoms with Gasteiger partial charge in [-0.1, -0.05) is 18.2 Å². The fraction of sp³-hybridized carbons (Fsp3) is 0.462. The van der Waals surface area contributed by atoms with Gasteiger partial charge in [-0.05, 0) is 18.3 Å². The van der Waals surface area contributed by atoms with Crippen LogP contribution in [0.5, 0.6) is 5.75 Å². The maximum atomic E-state index is 10.5. The van der Waals surface area contributed by atoms with E-state index < -0.39 is 6.04 Å². The average Bonchev–Trinajstić information content (AvgIpc) is 2.39. The van der Waals surface area contributed by atoms with Crippen molar-refractivity contribution in [3.05, 3.63) is 39.9 Å². The van der Waals surface area contributed by atoms with Gasteiger partial charge < -0.3 is 15.4 Å². The van der Waals surface area contributed by atoms with E-state index in [2.05, 4.69) is 10.6 Å². The van der Waals surface area contributed by atoms with Crippen LogP contribution in [-0.4, -0.2) is 29.2 Å². The van der Waals surface area contributed by atoms with E-state index in [4.69, 9.17) is 17.0 Å². The molecule has 20 heavy (non-hydrogen) atoms. The van der Waals surface area contributed by atoms with Crippen molar-refractivity contribution in [2.45, 2.75) is 31.5 Å². The van der Waals surface area contributed by atoms with E-state index in [1.807, 2.05) is 24.3 Å². The van der Waals surface area contributed by atoms with E-state index in [0.717, 1.165) is 11.3 Å². The normalized spacial score (nSPS) is 20.6. The number of hydrogen-bond donors (Lipinski definition) is 2. The van der Waals surface area contributed by atoms with Crippen LogP contribution in [-0.2, 0) is 6.54 Å². The molecule has 0 aromatic heterocycles. The number of nitrogens with one attached hydrogen (secondary N) is 2. The van der Waals surface area contributed by atoms with E-state index >= 15 is 0 Å². The highest BCUT2D eigenvalue weighted by molar-refractivity contribution is 7.80. The summed E-state index contributed by atoms with van der Waals surface area (Å²) < 4.78 is 5.25. The molecular weight excluding hydrogens is 278 g/mol. The molecule has 1 aliphatic rings. The number of para-hydroxylation sites is 1. The minimum Gasteiger partial charge on any atom is -0.496 e. The Kier molecular flexibility index (Phi) is 4.73. The van der Waals surface area contributed by atoms with E-state index in [0.29, 0.717) is 24.5 Å². The zero-order valence-electron chi connectivity index (χ0n) is 11.2. The number of hydrogen-bond acceptors (Lipinski definition) is 4. The third kappa shape index (κ3) is 3.57. The summed E-state index contributed by atoms with van der Waals surface area (Å²) in [4.78, 5) is 10.3. The SMILES string of the molecule is COc1ccccc1CNC(=S)NC1CC([N+](=O)[O-])C1. The van der Waals surface area contributed by atoms with Gasteiger partial charge in [-0.2, -0.15) is 0 Å². The van der Waals surface area contributed by atoms with Crippen LogP contribution in [0.4, 0.5) is 0 Å². The number of rotatable bonds is 5. The fourth-order valence-electron chi connectivity index (χ4n) is 2.14. The highest BCUT2D eigenvalue weighted by Gasteiger charge is 2.38. The van der Waals surface area contributed by atoms with Crippen LogP contribution in [0.2, 0.25) is 0 Å². The van der Waals surface area contributed by atoms with Crippen LogP contribution in [0.25, 0.3) is 0 Å². The van der Waals surface area contributed by atoms with Crippen LogP contribution < -0.4 is 15.4 Å². The largest absolute Gasteiger partial charge is 0.496 e. The van der Waals surface area contributed by atoms with Gasteiger partial charge in [-0.3, -0.25) is 10.1 Å². The summed E-state index contributed by atoms with van der Waals surface area (Å²) in [5, 5.41) is 17.2. The van der Waals surface area contributed by atoms with Gasteiger partial charge in [0.05, 0.1) is 7.11 Å². The molecule has 0 heterocycles. The zero-order chi connectivity index (χ0) is 14.5. The van der Waals surface area contributed by atoms with Gasteiger partial charge in [-0.15, -0.1) is 0 Å². The predicted octanol–water partition coefficient (Wildman–Crippen LogP) is 1.47. The van der Waals surface area contributed by atoms with Crippen molar-refractivity contribution in [1.29, 1.82) is 0 Å². The summed E-state index contributed by atoms with van der Waals surface area (Å²) in [5.41, 5.74) is 1.01. The van der Waals surface area contributed by atoms with Crippen LogP contribution in [0, 0.1) is 10.1 Å². The lowest BCUT2D eigenvalue weighted by molar-refractivity contribution is -0.537. The average molecular weight is 295 g/mol. The lowest BCUT2D eigenvalue weighted by Gasteiger charge is -2.30. The van der Waals surface area contributed by atoms with Crippen molar-refractivity contribution >= 4 is 17.3 Å². The van der Waals surface area contributed by atoms with Gasteiger partial charge in [0.15, 0.2) is 5.11 Å². The first-order valence-electron chi connectivity index (χ1n) is 6.40. The molecule has 0 unspecified atom stereocenters. The Morgan fingerprint density at radius 2 is 2.20 bits per heavy atom. The first-order valence-corrected chi connectivity index (χ1v) is 6.80. The summed E-state index contributed by atoms with van der Waals surface area (Å²) in [6.45, 7) is 0.557. The van der Waals surface area contributed by atoms with Gasteiger partial charge in [0.25, 0.3) is 0 Å². The minimum absolute atomic E-state index is 0.100. The van der Waals surface area contributed by atoms with Gasteiger partial charge in [0.1, 0.15) is 5.75 Å². The molecule has 1 aromatic rings. The molecule has 0 atom stereocenters. The van der Waals surface area contributed by atoms with Crippen LogP contribution >= 0.6 is 12.2 Å². The second-order valence-corrected chi connectivity index (χ2v) is 5.15. The molecule has 108 valence electrons. The van der Waals surface area contributed by atoms with Gasteiger partial charge >= 0.3 is 0 Å². The maximum absolute atomic E-state index is 10.5. The molecule has 2 rings (SSSR count). The molecule has 7 heteroatoms. The van der Waals surface area contributed by atoms with Crippen LogP contribution in [0.15, 0.2) is 24.3 Å². The third-order valence-corrected chi connectivity index (χ3v) is 3.64. The van der Waals surface area contributed by atoms with Crippen molar-refractivity contribution < 1.29 is 9.66 Å². The molecule has 0 radical (unpaired) electrons. The van der Waals surface area contributed by atoms with E-state index in [9.17, 15) is 10.1 Å². The second kappa shape index (κ2) is 6.51. The Labute approximate surface area is 122 Å². The lowest BCUT2D eigenvalue weighted by Crippen LogP contribution is -2.52. The molecule has 1 fully saturated rings. The van der Waals surface area contributed by atoms with Gasteiger partial charge in [0.2, 0.25) is 6.04 Å². The van der Waals surface area contributed by atoms with Crippen molar-refractivity contribution in [2.24, 2.45) is 0 Å². The number of nitrogens with zero attached hydrogens (tertiary/aromatic N) is 1. The number of nitro groups is 1. The highest BCUT2D eigenvalue weighted by Crippen LogP contribution is 2.22. The maximum Gasteiger partial charge on any atom is 0.217 e. The summed E-state index contributed by atoms with van der Waals surface area (Å²) in [6, 6.07) is 7.36. The molecule has 0 amide bonds. The quantitative estimate of drug-likeness (QED) is 0.487. The molecule has 2 N–H and O–H groups in total. The lowest BCUT2D eigenvalue weighted by atomic mass is 9.87. The summed E-state index contributed by atoms with van der Waals surface area (Å²) in [7, 11) is 1.63. The van der Waals surface area contributed by atoms with Crippen LogP contribution in [0.3, 0.4) is 0 Å². The molecule has 0 spiro atoms. The van der Waals surface area contributed by atoms with Crippen molar-refractivity contribution in [3.8, 4) is 5.75 Å². The number of methoxy groups -OCH3 is 1. The molecule has 0 bridgehead atoms. The zero-order valence-corrected chi connectivity index (χ0v) is 12.0. The number of ether oxygens (including phenoxy) is 1. The minimum atomic E-state index is -0.426. The molecule has 0 saturated heterocycles. The predicted molar refractivity (Wildman–Crippen MR) is 79.4 cm³/mol.